The minimum absolute atomic E-state index is 0.0657. The Morgan fingerprint density at radius 3 is 2.52 bits per heavy atom. The van der Waals surface area contributed by atoms with E-state index >= 15 is 0 Å². The Balaban J connectivity index is 1.71. The van der Waals surface area contributed by atoms with Gasteiger partial charge in [0.05, 0.1) is 9.75 Å². The number of likely N-dealkylation sites (tertiary alicyclic amines) is 1. The van der Waals surface area contributed by atoms with Gasteiger partial charge in [-0.25, -0.2) is 0 Å². The van der Waals surface area contributed by atoms with Gasteiger partial charge in [0.2, 0.25) is 0 Å². The third-order valence-electron chi connectivity index (χ3n) is 4.54. The Morgan fingerprint density at radius 1 is 1.26 bits per heavy atom. The summed E-state index contributed by atoms with van der Waals surface area (Å²) in [5.74, 6) is 0.423. The lowest BCUT2D eigenvalue weighted by Crippen LogP contribution is -2.39. The van der Waals surface area contributed by atoms with Crippen LogP contribution in [0.25, 0.3) is 10.6 Å². The average Bonchev–Trinajstić information content (AvgIpc) is 3.14. The summed E-state index contributed by atoms with van der Waals surface area (Å²) in [6.45, 7) is 4.98. The van der Waals surface area contributed by atoms with Crippen molar-refractivity contribution in [1.29, 1.82) is 0 Å². The molecule has 0 N–H and O–H groups in total. The minimum atomic E-state index is 0.0657. The number of hydrogen-bond acceptors (Lipinski definition) is 4. The van der Waals surface area contributed by atoms with Crippen molar-refractivity contribution in [3.63, 3.8) is 0 Å². The number of aromatic nitrogens is 2. The predicted molar refractivity (Wildman–Crippen MR) is 90.6 cm³/mol. The van der Waals surface area contributed by atoms with Crippen LogP contribution in [-0.4, -0.2) is 39.5 Å². The Kier molecular flexibility index (Phi) is 4.35. The lowest BCUT2D eigenvalue weighted by atomic mass is 9.93. The molecule has 0 bridgehead atoms. The van der Waals surface area contributed by atoms with Gasteiger partial charge in [-0.05, 0) is 44.9 Å². The van der Waals surface area contributed by atoms with Crippen molar-refractivity contribution in [2.75, 3.05) is 13.1 Å². The van der Waals surface area contributed by atoms with Crippen molar-refractivity contribution in [1.82, 2.24) is 14.7 Å². The summed E-state index contributed by atoms with van der Waals surface area (Å²) < 4.78 is 1.84. The number of hydrogen-bond donors (Lipinski definition) is 0. The normalized spacial score (nSPS) is 15.9. The van der Waals surface area contributed by atoms with Crippen molar-refractivity contribution < 1.29 is 9.59 Å². The van der Waals surface area contributed by atoms with E-state index in [-0.39, 0.29) is 17.6 Å². The summed E-state index contributed by atoms with van der Waals surface area (Å²) in [4.78, 5) is 27.7. The van der Waals surface area contributed by atoms with E-state index in [4.69, 9.17) is 0 Å². The van der Waals surface area contributed by atoms with Gasteiger partial charge >= 0.3 is 0 Å². The molecule has 2 aromatic rings. The predicted octanol–water partition coefficient (Wildman–Crippen LogP) is 2.90. The molecular weight excluding hydrogens is 310 g/mol. The number of carbonyl (C=O) groups excluding carboxylic acids is 2. The second kappa shape index (κ2) is 6.28. The fraction of sp³-hybridized carbons (Fsp3) is 0.471. The highest BCUT2D eigenvalue weighted by molar-refractivity contribution is 7.17. The highest BCUT2D eigenvalue weighted by Crippen LogP contribution is 2.29. The zero-order valence-electron chi connectivity index (χ0n) is 13.7. The number of aryl methyl sites for hydroxylation is 2. The molecule has 2 aromatic heterocycles. The van der Waals surface area contributed by atoms with Crippen LogP contribution in [0.15, 0.2) is 18.2 Å². The highest BCUT2D eigenvalue weighted by atomic mass is 32.1. The molecule has 1 aliphatic heterocycles. The number of rotatable bonds is 3. The molecule has 0 radical (unpaired) electrons. The molecular formula is C17H21N3O2S. The van der Waals surface area contributed by atoms with Crippen LogP contribution >= 0.6 is 11.3 Å². The first-order chi connectivity index (χ1) is 11.0. The molecule has 1 fully saturated rings. The number of amides is 1. The van der Waals surface area contributed by atoms with Crippen LogP contribution in [0.4, 0.5) is 0 Å². The fourth-order valence-corrected chi connectivity index (χ4v) is 3.85. The van der Waals surface area contributed by atoms with Crippen molar-refractivity contribution in [2.45, 2.75) is 26.7 Å². The Morgan fingerprint density at radius 2 is 1.96 bits per heavy atom. The molecule has 23 heavy (non-hydrogen) atoms. The molecule has 0 unspecified atom stereocenters. The number of thiophene rings is 1. The van der Waals surface area contributed by atoms with Crippen LogP contribution in [0.5, 0.6) is 0 Å². The van der Waals surface area contributed by atoms with Crippen LogP contribution in [0.3, 0.4) is 0 Å². The van der Waals surface area contributed by atoms with Crippen molar-refractivity contribution in [3.8, 4) is 10.6 Å². The Bertz CT molecular complexity index is 719. The van der Waals surface area contributed by atoms with Crippen molar-refractivity contribution in [2.24, 2.45) is 13.0 Å². The molecule has 0 spiro atoms. The molecule has 6 heteroatoms. The second-order valence-corrected chi connectivity index (χ2v) is 7.22. The van der Waals surface area contributed by atoms with Gasteiger partial charge in [-0.3, -0.25) is 14.3 Å². The van der Waals surface area contributed by atoms with Gasteiger partial charge in [0.25, 0.3) is 5.91 Å². The lowest BCUT2D eigenvalue weighted by Gasteiger charge is -2.30. The van der Waals surface area contributed by atoms with E-state index in [1.54, 1.807) is 6.92 Å². The van der Waals surface area contributed by atoms with Crippen LogP contribution in [0, 0.1) is 12.8 Å². The SMILES string of the molecule is CC(=O)C1CCN(C(=O)c2ccc(-c3cc(C)n(C)n3)s2)CC1. The summed E-state index contributed by atoms with van der Waals surface area (Å²) in [7, 11) is 1.91. The van der Waals surface area contributed by atoms with Crippen LogP contribution in [0.1, 0.15) is 35.1 Å². The van der Waals surface area contributed by atoms with Crippen LogP contribution < -0.4 is 0 Å². The van der Waals surface area contributed by atoms with Gasteiger partial charge in [-0.15, -0.1) is 11.3 Å². The summed E-state index contributed by atoms with van der Waals surface area (Å²) in [6, 6.07) is 5.86. The van der Waals surface area contributed by atoms with E-state index in [1.807, 2.05) is 41.8 Å². The quantitative estimate of drug-likeness (QED) is 0.869. The largest absolute Gasteiger partial charge is 0.338 e. The molecule has 0 aromatic carbocycles. The summed E-state index contributed by atoms with van der Waals surface area (Å²) >= 11 is 1.48. The molecule has 122 valence electrons. The van der Waals surface area contributed by atoms with Crippen LogP contribution in [-0.2, 0) is 11.8 Å². The maximum absolute atomic E-state index is 12.6. The zero-order chi connectivity index (χ0) is 16.6. The standard InChI is InChI=1S/C17H21N3O2S/c1-11-10-14(18-19(11)3)15-4-5-16(23-15)17(22)20-8-6-13(7-9-20)12(2)21/h4-5,10,13H,6-9H2,1-3H3. The van der Waals surface area contributed by atoms with Gasteiger partial charge in [-0.2, -0.15) is 5.10 Å². The van der Waals surface area contributed by atoms with E-state index in [1.165, 1.54) is 11.3 Å². The number of nitrogens with zero attached hydrogens (tertiary/aromatic N) is 3. The van der Waals surface area contributed by atoms with E-state index in [0.29, 0.717) is 13.1 Å². The summed E-state index contributed by atoms with van der Waals surface area (Å²) in [6.07, 6.45) is 1.55. The first-order valence-electron chi connectivity index (χ1n) is 7.86. The van der Waals surface area contributed by atoms with Gasteiger partial charge in [0, 0.05) is 31.7 Å². The molecule has 1 aliphatic rings. The topological polar surface area (TPSA) is 55.2 Å². The average molecular weight is 331 g/mol. The molecule has 3 heterocycles. The van der Waals surface area contributed by atoms with E-state index < -0.39 is 0 Å². The second-order valence-electron chi connectivity index (χ2n) is 6.14. The monoisotopic (exact) mass is 331 g/mol. The first-order valence-corrected chi connectivity index (χ1v) is 8.68. The van der Waals surface area contributed by atoms with E-state index in [9.17, 15) is 9.59 Å². The highest BCUT2D eigenvalue weighted by Gasteiger charge is 2.26. The molecule has 0 saturated carbocycles. The molecule has 1 amide bonds. The Hall–Kier alpha value is -1.95. The van der Waals surface area contributed by atoms with E-state index in [0.717, 1.165) is 34.0 Å². The summed E-state index contributed by atoms with van der Waals surface area (Å²) in [5.41, 5.74) is 2.00. The summed E-state index contributed by atoms with van der Waals surface area (Å²) in [5, 5.41) is 4.46. The number of Topliss-reactive ketones (excluding diaryl/α,β-unsaturated/α-hetero) is 1. The van der Waals surface area contributed by atoms with Gasteiger partial charge in [-0.1, -0.05) is 0 Å². The zero-order valence-corrected chi connectivity index (χ0v) is 14.5. The van der Waals surface area contributed by atoms with Gasteiger partial charge in [0.1, 0.15) is 11.5 Å². The lowest BCUT2D eigenvalue weighted by molar-refractivity contribution is -0.121. The maximum atomic E-state index is 12.6. The number of carbonyl (C=O) groups is 2. The molecule has 3 rings (SSSR count). The fourth-order valence-electron chi connectivity index (χ4n) is 2.92. The van der Waals surface area contributed by atoms with Crippen LogP contribution in [0.2, 0.25) is 0 Å². The smallest absolute Gasteiger partial charge is 0.263 e. The third kappa shape index (κ3) is 3.22. The molecule has 5 nitrogen and oxygen atoms in total. The maximum Gasteiger partial charge on any atom is 0.263 e. The van der Waals surface area contributed by atoms with E-state index in [2.05, 4.69) is 5.10 Å². The molecule has 1 saturated heterocycles. The first kappa shape index (κ1) is 15.9. The molecule has 0 atom stereocenters. The minimum Gasteiger partial charge on any atom is -0.338 e. The van der Waals surface area contributed by atoms with Crippen molar-refractivity contribution in [3.05, 3.63) is 28.8 Å². The van der Waals surface area contributed by atoms with Crippen molar-refractivity contribution >= 4 is 23.0 Å². The van der Waals surface area contributed by atoms with Gasteiger partial charge < -0.3 is 4.90 Å². The number of ketones is 1. The Labute approximate surface area is 139 Å². The number of piperidine rings is 1. The molecule has 0 aliphatic carbocycles. The third-order valence-corrected chi connectivity index (χ3v) is 5.64. The van der Waals surface area contributed by atoms with Gasteiger partial charge in [0.15, 0.2) is 0 Å².